The number of esters is 1. The van der Waals surface area contributed by atoms with Crippen molar-refractivity contribution in [3.63, 3.8) is 0 Å². The molecule has 1 unspecified atom stereocenters. The van der Waals surface area contributed by atoms with E-state index in [2.05, 4.69) is 4.74 Å². The fraction of sp³-hybridized carbons (Fsp3) is 0.364. The summed E-state index contributed by atoms with van der Waals surface area (Å²) in [7, 11) is 0. The van der Waals surface area contributed by atoms with E-state index in [4.69, 9.17) is 0 Å². The number of alkyl halides is 3. The fourth-order valence-electron chi connectivity index (χ4n) is 1.56. The molecule has 0 spiro atoms. The Kier molecular flexibility index (Phi) is 4.47. The minimum Gasteiger partial charge on any atom is -0.465 e. The maximum absolute atomic E-state index is 12.9. The van der Waals surface area contributed by atoms with Gasteiger partial charge < -0.3 is 4.74 Å². The first-order chi connectivity index (χ1) is 8.79. The van der Waals surface area contributed by atoms with Crippen LogP contribution in [0, 0.1) is 10.1 Å². The van der Waals surface area contributed by atoms with Crippen molar-refractivity contribution in [2.24, 2.45) is 0 Å². The summed E-state index contributed by atoms with van der Waals surface area (Å²) in [5.74, 6) is -4.21. The molecule has 104 valence electrons. The van der Waals surface area contributed by atoms with Gasteiger partial charge in [0.15, 0.2) is 5.92 Å². The Hall–Kier alpha value is -2.12. The number of nitro groups is 1. The molecule has 0 fully saturated rings. The summed E-state index contributed by atoms with van der Waals surface area (Å²) in [4.78, 5) is 21.2. The minimum absolute atomic E-state index is 0.244. The number of halogens is 3. The van der Waals surface area contributed by atoms with Gasteiger partial charge >= 0.3 is 12.1 Å². The largest absolute Gasteiger partial charge is 0.465 e. The van der Waals surface area contributed by atoms with Gasteiger partial charge in [0.1, 0.15) is 0 Å². The summed E-state index contributed by atoms with van der Waals surface area (Å²) < 4.78 is 43.0. The zero-order chi connectivity index (χ0) is 14.6. The Morgan fingerprint density at radius 3 is 2.47 bits per heavy atom. The molecule has 0 bridgehead atoms. The van der Waals surface area contributed by atoms with E-state index in [1.54, 1.807) is 0 Å². The minimum atomic E-state index is -4.96. The van der Waals surface area contributed by atoms with Crippen LogP contribution < -0.4 is 0 Å². The molecule has 1 aromatic carbocycles. The molecule has 1 aromatic rings. The predicted molar refractivity (Wildman–Crippen MR) is 58.5 cm³/mol. The molecule has 0 aliphatic rings. The zero-order valence-electron chi connectivity index (χ0n) is 9.81. The molecule has 1 atom stereocenters. The number of ether oxygens (including phenoxy) is 1. The number of nitro benzene ring substituents is 1. The van der Waals surface area contributed by atoms with E-state index in [0.29, 0.717) is 0 Å². The summed E-state index contributed by atoms with van der Waals surface area (Å²) in [6, 6.07) is 4.22. The smallest absolute Gasteiger partial charge is 0.406 e. The SMILES string of the molecule is CCOC(=O)C(c1ccccc1[N+](=O)[O-])C(F)(F)F. The lowest BCUT2D eigenvalue weighted by molar-refractivity contribution is -0.386. The second kappa shape index (κ2) is 5.68. The number of carbonyl (C=O) groups is 1. The number of benzene rings is 1. The van der Waals surface area contributed by atoms with Crippen molar-refractivity contribution in [1.29, 1.82) is 0 Å². The zero-order valence-corrected chi connectivity index (χ0v) is 9.81. The van der Waals surface area contributed by atoms with Crippen molar-refractivity contribution in [2.75, 3.05) is 6.61 Å². The van der Waals surface area contributed by atoms with Gasteiger partial charge in [0.2, 0.25) is 0 Å². The number of rotatable bonds is 4. The number of carbonyl (C=O) groups excluding carboxylic acids is 1. The molecular formula is C11H10F3NO4. The molecule has 1 rings (SSSR count). The van der Waals surface area contributed by atoms with Crippen molar-refractivity contribution < 1.29 is 27.6 Å². The van der Waals surface area contributed by atoms with E-state index in [1.807, 2.05) is 0 Å². The fourth-order valence-corrected chi connectivity index (χ4v) is 1.56. The quantitative estimate of drug-likeness (QED) is 0.482. The first kappa shape index (κ1) is 14.9. The Morgan fingerprint density at radius 2 is 2.00 bits per heavy atom. The third-order valence-electron chi connectivity index (χ3n) is 2.29. The maximum atomic E-state index is 12.9. The van der Waals surface area contributed by atoms with Crippen molar-refractivity contribution >= 4 is 11.7 Å². The highest BCUT2D eigenvalue weighted by atomic mass is 19.4. The van der Waals surface area contributed by atoms with E-state index in [-0.39, 0.29) is 6.61 Å². The van der Waals surface area contributed by atoms with Crippen LogP contribution in [0.2, 0.25) is 0 Å². The maximum Gasteiger partial charge on any atom is 0.406 e. The second-order valence-electron chi connectivity index (χ2n) is 3.54. The molecule has 0 amide bonds. The van der Waals surface area contributed by atoms with Crippen LogP contribution in [0.5, 0.6) is 0 Å². The van der Waals surface area contributed by atoms with Crippen LogP contribution in [-0.2, 0) is 9.53 Å². The van der Waals surface area contributed by atoms with Crippen molar-refractivity contribution in [1.82, 2.24) is 0 Å². The molecule has 0 aliphatic heterocycles. The molecule has 8 heteroatoms. The highest BCUT2D eigenvalue weighted by Crippen LogP contribution is 2.39. The van der Waals surface area contributed by atoms with E-state index in [1.165, 1.54) is 19.1 Å². The van der Waals surface area contributed by atoms with E-state index in [9.17, 15) is 28.1 Å². The lowest BCUT2D eigenvalue weighted by atomic mass is 9.97. The van der Waals surface area contributed by atoms with Gasteiger partial charge in [-0.15, -0.1) is 0 Å². The standard InChI is InChI=1S/C11H10F3NO4/c1-2-19-10(16)9(11(12,13)14)7-5-3-4-6-8(7)15(17)18/h3-6,9H,2H2,1H3. The van der Waals surface area contributed by atoms with E-state index in [0.717, 1.165) is 12.1 Å². The van der Waals surface area contributed by atoms with Gasteiger partial charge in [0.05, 0.1) is 17.1 Å². The van der Waals surface area contributed by atoms with Crippen LogP contribution in [0.4, 0.5) is 18.9 Å². The Balaban J connectivity index is 3.34. The van der Waals surface area contributed by atoms with Gasteiger partial charge in [-0.05, 0) is 6.92 Å². The number of hydrogen-bond donors (Lipinski definition) is 0. The van der Waals surface area contributed by atoms with Crippen molar-refractivity contribution in [3.8, 4) is 0 Å². The van der Waals surface area contributed by atoms with Gasteiger partial charge in [0, 0.05) is 6.07 Å². The molecule has 0 radical (unpaired) electrons. The summed E-state index contributed by atoms with van der Waals surface area (Å²) >= 11 is 0. The first-order valence-electron chi connectivity index (χ1n) is 5.25. The monoisotopic (exact) mass is 277 g/mol. The average molecular weight is 277 g/mol. The van der Waals surface area contributed by atoms with E-state index >= 15 is 0 Å². The number of hydrogen-bond acceptors (Lipinski definition) is 4. The van der Waals surface area contributed by atoms with Crippen LogP contribution in [0.15, 0.2) is 24.3 Å². The molecule has 0 aliphatic carbocycles. The Bertz CT molecular complexity index is 487. The van der Waals surface area contributed by atoms with Gasteiger partial charge in [0.25, 0.3) is 5.69 Å². The second-order valence-corrected chi connectivity index (χ2v) is 3.54. The molecule has 0 aromatic heterocycles. The lowest BCUT2D eigenvalue weighted by Crippen LogP contribution is -2.30. The van der Waals surface area contributed by atoms with Crippen LogP contribution >= 0.6 is 0 Å². The van der Waals surface area contributed by atoms with Crippen LogP contribution in [-0.4, -0.2) is 23.7 Å². The number of para-hydroxylation sites is 1. The van der Waals surface area contributed by atoms with Gasteiger partial charge in [-0.1, -0.05) is 18.2 Å². The van der Waals surface area contributed by atoms with Gasteiger partial charge in [-0.25, -0.2) is 0 Å². The molecule has 5 nitrogen and oxygen atoms in total. The van der Waals surface area contributed by atoms with Crippen LogP contribution in [0.25, 0.3) is 0 Å². The van der Waals surface area contributed by atoms with E-state index < -0.39 is 34.2 Å². The van der Waals surface area contributed by atoms with Crippen molar-refractivity contribution in [2.45, 2.75) is 19.0 Å². The Labute approximate surface area is 106 Å². The molecule has 0 saturated carbocycles. The first-order valence-corrected chi connectivity index (χ1v) is 5.25. The molecule has 0 heterocycles. The molecule has 0 N–H and O–H groups in total. The molecule has 0 saturated heterocycles. The number of nitrogens with zero attached hydrogens (tertiary/aromatic N) is 1. The molecule has 19 heavy (non-hydrogen) atoms. The highest BCUT2D eigenvalue weighted by Gasteiger charge is 2.49. The summed E-state index contributed by atoms with van der Waals surface area (Å²) in [6.45, 7) is 1.11. The third-order valence-corrected chi connectivity index (χ3v) is 2.29. The predicted octanol–water partition coefficient (Wildman–Crippen LogP) is 2.80. The average Bonchev–Trinajstić information content (AvgIpc) is 2.28. The Morgan fingerprint density at radius 1 is 1.42 bits per heavy atom. The normalized spacial score (nSPS) is 12.8. The van der Waals surface area contributed by atoms with Crippen molar-refractivity contribution in [3.05, 3.63) is 39.9 Å². The summed E-state index contributed by atoms with van der Waals surface area (Å²) in [5, 5.41) is 10.7. The van der Waals surface area contributed by atoms with Crippen LogP contribution in [0.1, 0.15) is 18.4 Å². The molecular weight excluding hydrogens is 267 g/mol. The summed E-state index contributed by atoms with van der Waals surface area (Å²) in [5.41, 5.74) is -1.49. The third kappa shape index (κ3) is 3.43. The van der Waals surface area contributed by atoms with Crippen LogP contribution in [0.3, 0.4) is 0 Å². The van der Waals surface area contributed by atoms with Gasteiger partial charge in [-0.3, -0.25) is 14.9 Å². The topological polar surface area (TPSA) is 69.4 Å². The summed E-state index contributed by atoms with van der Waals surface area (Å²) in [6.07, 6.45) is -4.96. The van der Waals surface area contributed by atoms with Gasteiger partial charge in [-0.2, -0.15) is 13.2 Å². The highest BCUT2D eigenvalue weighted by molar-refractivity contribution is 5.80. The lowest BCUT2D eigenvalue weighted by Gasteiger charge is -2.18.